The van der Waals surface area contributed by atoms with E-state index in [-0.39, 0.29) is 17.7 Å². The molecular weight excluding hydrogens is 304 g/mol. The molecule has 1 aliphatic heterocycles. The third kappa shape index (κ3) is 3.28. The molecule has 1 aromatic heterocycles. The first-order chi connectivity index (χ1) is 11.5. The van der Waals surface area contributed by atoms with Crippen LogP contribution in [0.1, 0.15) is 53.8 Å². The van der Waals surface area contributed by atoms with Crippen molar-refractivity contribution < 1.29 is 9.59 Å². The van der Waals surface area contributed by atoms with Crippen LogP contribution in [-0.4, -0.2) is 57.8 Å². The summed E-state index contributed by atoms with van der Waals surface area (Å²) in [4.78, 5) is 37.1. The summed E-state index contributed by atoms with van der Waals surface area (Å²) in [6.45, 7) is 5.04. The molecule has 1 atom stereocenters. The Morgan fingerprint density at radius 2 is 1.88 bits per heavy atom. The average molecular weight is 330 g/mol. The van der Waals surface area contributed by atoms with E-state index in [0.717, 1.165) is 19.4 Å². The molecule has 0 radical (unpaired) electrons. The monoisotopic (exact) mass is 330 g/mol. The van der Waals surface area contributed by atoms with Crippen LogP contribution in [0.2, 0.25) is 0 Å². The van der Waals surface area contributed by atoms with Gasteiger partial charge in [-0.25, -0.2) is 9.97 Å². The van der Waals surface area contributed by atoms with E-state index in [1.807, 2.05) is 13.8 Å². The molecule has 1 unspecified atom stereocenters. The average Bonchev–Trinajstić information content (AvgIpc) is 3.16. The van der Waals surface area contributed by atoms with Crippen molar-refractivity contribution in [1.29, 1.82) is 0 Å². The Labute approximate surface area is 143 Å². The largest absolute Gasteiger partial charge is 0.341 e. The highest BCUT2D eigenvalue weighted by atomic mass is 16.2. The van der Waals surface area contributed by atoms with Crippen LogP contribution in [0.15, 0.2) is 6.33 Å². The van der Waals surface area contributed by atoms with Crippen molar-refractivity contribution in [1.82, 2.24) is 19.8 Å². The summed E-state index contributed by atoms with van der Waals surface area (Å²) in [7, 11) is 1.80. The van der Waals surface area contributed by atoms with E-state index in [4.69, 9.17) is 0 Å². The smallest absolute Gasteiger partial charge is 0.257 e. The Balaban J connectivity index is 1.64. The lowest BCUT2D eigenvalue weighted by Crippen LogP contribution is -2.37. The minimum absolute atomic E-state index is 0.0580. The van der Waals surface area contributed by atoms with Crippen molar-refractivity contribution in [2.45, 2.75) is 52.0 Å². The van der Waals surface area contributed by atoms with Crippen LogP contribution >= 0.6 is 0 Å². The maximum atomic E-state index is 12.7. The highest BCUT2D eigenvalue weighted by molar-refractivity contribution is 5.96. The van der Waals surface area contributed by atoms with E-state index in [1.54, 1.807) is 11.9 Å². The summed E-state index contributed by atoms with van der Waals surface area (Å²) < 4.78 is 0. The van der Waals surface area contributed by atoms with Gasteiger partial charge in [0.1, 0.15) is 6.33 Å². The van der Waals surface area contributed by atoms with Crippen LogP contribution in [0.3, 0.4) is 0 Å². The lowest BCUT2D eigenvalue weighted by atomic mass is 10.1. The molecule has 6 nitrogen and oxygen atoms in total. The van der Waals surface area contributed by atoms with E-state index >= 15 is 0 Å². The summed E-state index contributed by atoms with van der Waals surface area (Å²) in [6.07, 6.45) is 6.75. The van der Waals surface area contributed by atoms with E-state index in [9.17, 15) is 9.59 Å². The number of hydrogen-bond donors (Lipinski definition) is 0. The van der Waals surface area contributed by atoms with Gasteiger partial charge in [-0.1, -0.05) is 12.8 Å². The maximum Gasteiger partial charge on any atom is 0.257 e. The van der Waals surface area contributed by atoms with Crippen molar-refractivity contribution in [2.24, 2.45) is 5.92 Å². The number of amides is 2. The Kier molecular flexibility index (Phi) is 4.83. The summed E-state index contributed by atoms with van der Waals surface area (Å²) in [5.41, 5.74) is 1.99. The Morgan fingerprint density at radius 1 is 1.25 bits per heavy atom. The number of likely N-dealkylation sites (tertiary alicyclic amines) is 1. The minimum Gasteiger partial charge on any atom is -0.341 e. The quantitative estimate of drug-likeness (QED) is 0.846. The molecule has 0 N–H and O–H groups in total. The van der Waals surface area contributed by atoms with Crippen LogP contribution in [0.25, 0.3) is 0 Å². The summed E-state index contributed by atoms with van der Waals surface area (Å²) in [5.74, 6) is 0.415. The lowest BCUT2D eigenvalue weighted by Gasteiger charge is -2.25. The van der Waals surface area contributed by atoms with E-state index in [2.05, 4.69) is 14.9 Å². The molecule has 6 heteroatoms. The fourth-order valence-corrected chi connectivity index (χ4v) is 4.06. The van der Waals surface area contributed by atoms with Crippen molar-refractivity contribution >= 4 is 11.8 Å². The van der Waals surface area contributed by atoms with Crippen LogP contribution in [-0.2, 0) is 4.79 Å². The molecular formula is C18H26N4O2. The third-order valence-corrected chi connectivity index (χ3v) is 5.32. The molecule has 0 bridgehead atoms. The van der Waals surface area contributed by atoms with Crippen molar-refractivity contribution in [3.8, 4) is 0 Å². The van der Waals surface area contributed by atoms with E-state index < -0.39 is 0 Å². The van der Waals surface area contributed by atoms with Crippen LogP contribution in [0.4, 0.5) is 0 Å². The Morgan fingerprint density at radius 3 is 2.50 bits per heavy atom. The fourth-order valence-electron chi connectivity index (χ4n) is 4.06. The zero-order valence-corrected chi connectivity index (χ0v) is 14.8. The summed E-state index contributed by atoms with van der Waals surface area (Å²) >= 11 is 0. The molecule has 130 valence electrons. The Hall–Kier alpha value is -1.98. The fraction of sp³-hybridized carbons (Fsp3) is 0.667. The predicted molar refractivity (Wildman–Crippen MR) is 90.5 cm³/mol. The van der Waals surface area contributed by atoms with E-state index in [0.29, 0.717) is 36.0 Å². The summed E-state index contributed by atoms with van der Waals surface area (Å²) in [6, 6.07) is 0.426. The van der Waals surface area contributed by atoms with E-state index in [1.165, 1.54) is 19.2 Å². The van der Waals surface area contributed by atoms with Gasteiger partial charge in [-0.05, 0) is 26.7 Å². The topological polar surface area (TPSA) is 66.4 Å². The first-order valence-corrected chi connectivity index (χ1v) is 8.80. The summed E-state index contributed by atoms with van der Waals surface area (Å²) in [5, 5.41) is 0. The van der Waals surface area contributed by atoms with Gasteiger partial charge in [-0.3, -0.25) is 9.59 Å². The third-order valence-electron chi connectivity index (χ3n) is 5.32. The highest BCUT2D eigenvalue weighted by Crippen LogP contribution is 2.29. The minimum atomic E-state index is -0.0580. The van der Waals surface area contributed by atoms with Gasteiger partial charge in [0.05, 0.1) is 17.0 Å². The van der Waals surface area contributed by atoms with Gasteiger partial charge < -0.3 is 9.80 Å². The van der Waals surface area contributed by atoms with Crippen LogP contribution in [0.5, 0.6) is 0 Å². The molecule has 2 fully saturated rings. The zero-order chi connectivity index (χ0) is 17.3. The molecule has 2 aliphatic rings. The normalized spacial score (nSPS) is 21.5. The first-order valence-electron chi connectivity index (χ1n) is 8.80. The number of nitrogens with zero attached hydrogens (tertiary/aromatic N) is 4. The zero-order valence-electron chi connectivity index (χ0n) is 14.8. The number of carbonyl (C=O) groups is 2. The number of carbonyl (C=O) groups excluding carboxylic acids is 2. The molecule has 2 amide bonds. The first kappa shape index (κ1) is 16.9. The molecule has 0 spiro atoms. The van der Waals surface area contributed by atoms with Gasteiger partial charge in [-0.2, -0.15) is 0 Å². The lowest BCUT2D eigenvalue weighted by molar-refractivity contribution is -0.129. The number of rotatable bonds is 4. The second kappa shape index (κ2) is 6.87. The van der Waals surface area contributed by atoms with Gasteiger partial charge in [0.25, 0.3) is 5.91 Å². The molecule has 1 aliphatic carbocycles. The predicted octanol–water partition coefficient (Wildman–Crippen LogP) is 1.96. The molecule has 1 saturated heterocycles. The van der Waals surface area contributed by atoms with Crippen molar-refractivity contribution in [3.05, 3.63) is 23.3 Å². The van der Waals surface area contributed by atoms with Crippen LogP contribution < -0.4 is 0 Å². The molecule has 0 aromatic carbocycles. The van der Waals surface area contributed by atoms with Crippen molar-refractivity contribution in [2.75, 3.05) is 20.1 Å². The highest BCUT2D eigenvalue weighted by Gasteiger charge is 2.36. The second-order valence-electron chi connectivity index (χ2n) is 7.16. The number of aromatic nitrogens is 2. The molecule has 1 saturated carbocycles. The maximum absolute atomic E-state index is 12.7. The van der Waals surface area contributed by atoms with Gasteiger partial charge in [-0.15, -0.1) is 0 Å². The molecule has 1 aromatic rings. The number of aryl methyl sites for hydroxylation is 2. The van der Waals surface area contributed by atoms with Gasteiger partial charge in [0, 0.05) is 38.5 Å². The Bertz CT molecular complexity index is 620. The SMILES string of the molecule is Cc1ncnc(C)c1C(=O)N(C)CC1CC(=O)N(C2CCCC2)C1. The second-order valence-corrected chi connectivity index (χ2v) is 7.16. The van der Waals surface area contributed by atoms with Gasteiger partial charge in [0.2, 0.25) is 5.91 Å². The molecule has 3 rings (SSSR count). The standard InChI is InChI=1S/C18H26N4O2/c1-12-17(13(2)20-11-19-12)18(24)21(3)9-14-8-16(23)22(10-14)15-6-4-5-7-15/h11,14-15H,4-10H2,1-3H3. The van der Waals surface area contributed by atoms with Crippen molar-refractivity contribution in [3.63, 3.8) is 0 Å². The van der Waals surface area contributed by atoms with Crippen LogP contribution in [0, 0.1) is 19.8 Å². The number of hydrogen-bond acceptors (Lipinski definition) is 4. The molecule has 2 heterocycles. The van der Waals surface area contributed by atoms with Gasteiger partial charge in [0.15, 0.2) is 0 Å². The van der Waals surface area contributed by atoms with Gasteiger partial charge >= 0.3 is 0 Å². The molecule has 24 heavy (non-hydrogen) atoms.